The molecule has 1 heterocycles. The quantitative estimate of drug-likeness (QED) is 0.849. The van der Waals surface area contributed by atoms with Crippen molar-refractivity contribution in [1.29, 1.82) is 0 Å². The number of hydrogen-bond donors (Lipinski definition) is 2. The third kappa shape index (κ3) is 2.82. The Morgan fingerprint density at radius 2 is 2.22 bits per heavy atom. The van der Waals surface area contributed by atoms with Crippen molar-refractivity contribution < 1.29 is 4.79 Å². The van der Waals surface area contributed by atoms with Crippen LogP contribution in [0.3, 0.4) is 0 Å². The molecule has 0 aliphatic carbocycles. The summed E-state index contributed by atoms with van der Waals surface area (Å²) < 4.78 is 0. The van der Waals surface area contributed by atoms with Gasteiger partial charge in [0.25, 0.3) is 0 Å². The molecule has 1 amide bonds. The van der Waals surface area contributed by atoms with E-state index in [1.165, 1.54) is 0 Å². The van der Waals surface area contributed by atoms with Crippen LogP contribution in [0.1, 0.15) is 31.4 Å². The number of anilines is 1. The van der Waals surface area contributed by atoms with Gasteiger partial charge in [-0.1, -0.05) is 25.1 Å². The Hall–Kier alpha value is -1.55. The molecule has 1 fully saturated rings. The fourth-order valence-corrected chi connectivity index (χ4v) is 2.32. The monoisotopic (exact) mass is 247 g/mol. The second-order valence-corrected chi connectivity index (χ2v) is 4.70. The maximum Gasteiger partial charge on any atom is 0.239 e. The van der Waals surface area contributed by atoms with Gasteiger partial charge in [-0.3, -0.25) is 4.79 Å². The predicted molar refractivity (Wildman–Crippen MR) is 73.5 cm³/mol. The molecular weight excluding hydrogens is 226 g/mol. The van der Waals surface area contributed by atoms with Crippen molar-refractivity contribution in [2.45, 2.75) is 25.8 Å². The number of amides is 1. The summed E-state index contributed by atoms with van der Waals surface area (Å²) >= 11 is 0. The molecule has 3 N–H and O–H groups in total. The van der Waals surface area contributed by atoms with Crippen LogP contribution in [0.2, 0.25) is 0 Å². The minimum atomic E-state index is 0.0347. The van der Waals surface area contributed by atoms with Gasteiger partial charge in [0.2, 0.25) is 5.91 Å². The molecule has 18 heavy (non-hydrogen) atoms. The maximum absolute atomic E-state index is 11.6. The second kappa shape index (κ2) is 5.87. The van der Waals surface area contributed by atoms with Gasteiger partial charge in [-0.25, -0.2) is 0 Å². The smallest absolute Gasteiger partial charge is 0.239 e. The lowest BCUT2D eigenvalue weighted by Gasteiger charge is -2.26. The summed E-state index contributed by atoms with van der Waals surface area (Å²) in [6, 6.07) is 8.17. The molecule has 1 aliphatic rings. The van der Waals surface area contributed by atoms with Crippen LogP contribution >= 0.6 is 0 Å². The van der Waals surface area contributed by atoms with Crippen molar-refractivity contribution in [3.8, 4) is 0 Å². The van der Waals surface area contributed by atoms with Gasteiger partial charge in [-0.05, 0) is 24.5 Å². The molecule has 0 radical (unpaired) electrons. The van der Waals surface area contributed by atoms with Gasteiger partial charge >= 0.3 is 0 Å². The van der Waals surface area contributed by atoms with E-state index in [-0.39, 0.29) is 11.9 Å². The van der Waals surface area contributed by atoms with Gasteiger partial charge in [-0.15, -0.1) is 0 Å². The van der Waals surface area contributed by atoms with Crippen LogP contribution in [0.4, 0.5) is 5.69 Å². The molecule has 0 spiro atoms. The number of hydrogen-bond acceptors (Lipinski definition) is 3. The lowest BCUT2D eigenvalue weighted by atomic mass is 10.0. The summed E-state index contributed by atoms with van der Waals surface area (Å²) in [6.07, 6.45) is 1.87. The Bertz CT molecular complexity index is 419. The zero-order chi connectivity index (χ0) is 13.0. The Morgan fingerprint density at radius 1 is 1.44 bits per heavy atom. The third-order valence-corrected chi connectivity index (χ3v) is 3.38. The lowest BCUT2D eigenvalue weighted by molar-refractivity contribution is -0.119. The summed E-state index contributed by atoms with van der Waals surface area (Å²) in [5.41, 5.74) is 8.38. The molecule has 1 aromatic rings. The molecule has 98 valence electrons. The first-order valence-corrected chi connectivity index (χ1v) is 6.58. The largest absolute Gasteiger partial charge is 0.362 e. The van der Waals surface area contributed by atoms with Gasteiger partial charge in [-0.2, -0.15) is 0 Å². The number of carbonyl (C=O) groups excluding carboxylic acids is 1. The summed E-state index contributed by atoms with van der Waals surface area (Å²) in [5, 5.41) is 2.90. The number of rotatable bonds is 3. The van der Waals surface area contributed by atoms with E-state index in [1.807, 2.05) is 12.1 Å². The van der Waals surface area contributed by atoms with E-state index in [2.05, 4.69) is 29.3 Å². The van der Waals surface area contributed by atoms with E-state index in [9.17, 15) is 4.79 Å². The normalized spacial score (nSPS) is 18.1. The van der Waals surface area contributed by atoms with Crippen LogP contribution in [0, 0.1) is 0 Å². The van der Waals surface area contributed by atoms with E-state index in [4.69, 9.17) is 5.73 Å². The van der Waals surface area contributed by atoms with E-state index in [0.717, 1.165) is 37.2 Å². The summed E-state index contributed by atoms with van der Waals surface area (Å²) in [5.74, 6) is 0.0902. The van der Waals surface area contributed by atoms with Crippen molar-refractivity contribution >= 4 is 11.6 Å². The van der Waals surface area contributed by atoms with Gasteiger partial charge in [0, 0.05) is 24.8 Å². The minimum absolute atomic E-state index is 0.0347. The van der Waals surface area contributed by atoms with Crippen molar-refractivity contribution in [2.75, 3.05) is 24.5 Å². The van der Waals surface area contributed by atoms with E-state index in [1.54, 1.807) is 0 Å². The van der Waals surface area contributed by atoms with Gasteiger partial charge in [0.05, 0.1) is 6.54 Å². The van der Waals surface area contributed by atoms with Crippen LogP contribution in [-0.2, 0) is 4.79 Å². The number of nitrogens with two attached hydrogens (primary N) is 1. The number of nitrogens with zero attached hydrogens (tertiary/aromatic N) is 1. The van der Waals surface area contributed by atoms with Gasteiger partial charge in [0.15, 0.2) is 0 Å². The van der Waals surface area contributed by atoms with E-state index < -0.39 is 0 Å². The third-order valence-electron chi connectivity index (χ3n) is 3.38. The Labute approximate surface area is 108 Å². The average Bonchev–Trinajstić information content (AvgIpc) is 2.62. The zero-order valence-electron chi connectivity index (χ0n) is 10.9. The van der Waals surface area contributed by atoms with E-state index in [0.29, 0.717) is 6.54 Å². The SMILES string of the molecule is CCC(N)c1ccccc1N1CCCNC(=O)C1. The fourth-order valence-electron chi connectivity index (χ4n) is 2.32. The molecule has 1 aromatic carbocycles. The number of nitrogens with one attached hydrogen (secondary N) is 1. The van der Waals surface area contributed by atoms with Crippen molar-refractivity contribution in [1.82, 2.24) is 5.32 Å². The van der Waals surface area contributed by atoms with Crippen LogP contribution in [-0.4, -0.2) is 25.5 Å². The van der Waals surface area contributed by atoms with Gasteiger partial charge < -0.3 is 16.0 Å². The first-order valence-electron chi connectivity index (χ1n) is 6.58. The molecule has 0 saturated carbocycles. The lowest BCUT2D eigenvalue weighted by Crippen LogP contribution is -2.34. The predicted octanol–water partition coefficient (Wildman–Crippen LogP) is 1.42. The standard InChI is InChI=1S/C14H21N3O/c1-2-12(15)11-6-3-4-7-13(11)17-9-5-8-16-14(18)10-17/h3-4,6-7,12H,2,5,8-10,15H2,1H3,(H,16,18). The Kier molecular flexibility index (Phi) is 4.20. The molecular formula is C14H21N3O. The maximum atomic E-state index is 11.6. The zero-order valence-corrected chi connectivity index (χ0v) is 10.9. The average molecular weight is 247 g/mol. The van der Waals surface area contributed by atoms with Crippen LogP contribution in [0.25, 0.3) is 0 Å². The van der Waals surface area contributed by atoms with Crippen LogP contribution in [0.5, 0.6) is 0 Å². The molecule has 1 unspecified atom stereocenters. The molecule has 4 heteroatoms. The van der Waals surface area contributed by atoms with Crippen molar-refractivity contribution in [3.05, 3.63) is 29.8 Å². The highest BCUT2D eigenvalue weighted by molar-refractivity contribution is 5.82. The highest BCUT2D eigenvalue weighted by atomic mass is 16.2. The topological polar surface area (TPSA) is 58.4 Å². The number of carbonyl (C=O) groups is 1. The summed E-state index contributed by atoms with van der Waals surface area (Å²) in [6.45, 7) is 4.16. The molecule has 2 rings (SSSR count). The second-order valence-electron chi connectivity index (χ2n) is 4.70. The minimum Gasteiger partial charge on any atom is -0.362 e. The fraction of sp³-hybridized carbons (Fsp3) is 0.500. The van der Waals surface area contributed by atoms with E-state index >= 15 is 0 Å². The Balaban J connectivity index is 2.28. The molecule has 0 aromatic heterocycles. The highest BCUT2D eigenvalue weighted by Gasteiger charge is 2.19. The molecule has 1 atom stereocenters. The van der Waals surface area contributed by atoms with Crippen LogP contribution < -0.4 is 16.0 Å². The van der Waals surface area contributed by atoms with Crippen molar-refractivity contribution in [3.63, 3.8) is 0 Å². The molecule has 0 bridgehead atoms. The molecule has 1 aliphatic heterocycles. The van der Waals surface area contributed by atoms with Crippen molar-refractivity contribution in [2.24, 2.45) is 5.73 Å². The highest BCUT2D eigenvalue weighted by Crippen LogP contribution is 2.27. The summed E-state index contributed by atoms with van der Waals surface area (Å²) in [4.78, 5) is 13.8. The number of benzene rings is 1. The van der Waals surface area contributed by atoms with Gasteiger partial charge in [0.1, 0.15) is 0 Å². The molecule has 1 saturated heterocycles. The first kappa shape index (κ1) is 12.9. The Morgan fingerprint density at radius 3 is 3.00 bits per heavy atom. The first-order chi connectivity index (χ1) is 8.72. The number of para-hydroxylation sites is 1. The summed E-state index contributed by atoms with van der Waals surface area (Å²) in [7, 11) is 0. The van der Waals surface area contributed by atoms with Crippen LogP contribution in [0.15, 0.2) is 24.3 Å². The molecule has 4 nitrogen and oxygen atoms in total.